The number of piperidine rings is 1. The van der Waals surface area contributed by atoms with Crippen LogP contribution in [0.25, 0.3) is 0 Å². The molecule has 15 heavy (non-hydrogen) atoms. The lowest BCUT2D eigenvalue weighted by Gasteiger charge is -2.35. The maximum absolute atomic E-state index is 11.8. The van der Waals surface area contributed by atoms with E-state index in [4.69, 9.17) is 5.73 Å². The Hall–Kier alpha value is -0.770. The highest BCUT2D eigenvalue weighted by molar-refractivity contribution is 5.74. The number of nitrogens with zero attached hydrogens (tertiary/aromatic N) is 1. The number of nitrogens with one attached hydrogen (secondary N) is 1. The van der Waals surface area contributed by atoms with Crippen LogP contribution in [0, 0.1) is 5.92 Å². The van der Waals surface area contributed by atoms with Crippen LogP contribution >= 0.6 is 0 Å². The van der Waals surface area contributed by atoms with Gasteiger partial charge in [0.1, 0.15) is 0 Å². The van der Waals surface area contributed by atoms with Gasteiger partial charge in [-0.15, -0.1) is 0 Å². The number of hydrogen-bond donors (Lipinski definition) is 2. The van der Waals surface area contributed by atoms with Crippen LogP contribution in [0.4, 0.5) is 4.79 Å². The van der Waals surface area contributed by atoms with E-state index < -0.39 is 0 Å². The van der Waals surface area contributed by atoms with Crippen LogP contribution in [0.5, 0.6) is 0 Å². The highest BCUT2D eigenvalue weighted by Gasteiger charge is 2.25. The molecular formula is C11H23N3O. The van der Waals surface area contributed by atoms with Gasteiger partial charge in [0.05, 0.1) is 0 Å². The van der Waals surface area contributed by atoms with E-state index in [2.05, 4.69) is 19.2 Å². The van der Waals surface area contributed by atoms with Crippen LogP contribution in [-0.4, -0.2) is 36.6 Å². The summed E-state index contributed by atoms with van der Waals surface area (Å²) in [4.78, 5) is 13.7. The van der Waals surface area contributed by atoms with Gasteiger partial charge in [0, 0.05) is 25.7 Å². The van der Waals surface area contributed by atoms with Crippen molar-refractivity contribution in [2.75, 3.05) is 19.6 Å². The topological polar surface area (TPSA) is 58.4 Å². The standard InChI is InChI=1S/C11H23N3O/c1-9(2)8-13-11(15)14-6-4-3-5-10(14)7-12/h9-10H,3-8,12H2,1-2H3,(H,13,15). The van der Waals surface area contributed by atoms with Gasteiger partial charge in [-0.2, -0.15) is 0 Å². The van der Waals surface area contributed by atoms with E-state index in [0.717, 1.165) is 25.9 Å². The molecule has 1 fully saturated rings. The molecule has 0 bridgehead atoms. The van der Waals surface area contributed by atoms with Crippen molar-refractivity contribution >= 4 is 6.03 Å². The van der Waals surface area contributed by atoms with Gasteiger partial charge in [-0.05, 0) is 25.2 Å². The van der Waals surface area contributed by atoms with Crippen LogP contribution in [-0.2, 0) is 0 Å². The maximum Gasteiger partial charge on any atom is 0.317 e. The molecule has 0 aromatic rings. The lowest BCUT2D eigenvalue weighted by atomic mass is 10.0. The molecule has 1 unspecified atom stereocenters. The Bertz CT molecular complexity index is 206. The molecule has 1 aliphatic heterocycles. The molecule has 0 spiro atoms. The van der Waals surface area contributed by atoms with Gasteiger partial charge in [0.15, 0.2) is 0 Å². The lowest BCUT2D eigenvalue weighted by molar-refractivity contribution is 0.153. The van der Waals surface area contributed by atoms with Gasteiger partial charge >= 0.3 is 6.03 Å². The van der Waals surface area contributed by atoms with Gasteiger partial charge in [-0.3, -0.25) is 0 Å². The van der Waals surface area contributed by atoms with Crippen molar-refractivity contribution in [3.63, 3.8) is 0 Å². The second kappa shape index (κ2) is 5.95. The smallest absolute Gasteiger partial charge is 0.317 e. The first-order chi connectivity index (χ1) is 7.15. The normalized spacial score (nSPS) is 21.9. The van der Waals surface area contributed by atoms with Crippen LogP contribution in [0.3, 0.4) is 0 Å². The van der Waals surface area contributed by atoms with Crippen LogP contribution in [0.1, 0.15) is 33.1 Å². The van der Waals surface area contributed by atoms with Crippen molar-refractivity contribution in [1.29, 1.82) is 0 Å². The lowest BCUT2D eigenvalue weighted by Crippen LogP contribution is -2.51. The second-order valence-corrected chi connectivity index (χ2v) is 4.66. The Balaban J connectivity index is 2.41. The third-order valence-electron chi connectivity index (χ3n) is 2.82. The van der Waals surface area contributed by atoms with Gasteiger partial charge in [-0.25, -0.2) is 4.79 Å². The average Bonchev–Trinajstić information content (AvgIpc) is 2.25. The molecule has 4 nitrogen and oxygen atoms in total. The fourth-order valence-corrected chi connectivity index (χ4v) is 1.91. The largest absolute Gasteiger partial charge is 0.338 e. The molecule has 88 valence electrons. The summed E-state index contributed by atoms with van der Waals surface area (Å²) in [6, 6.07) is 0.296. The van der Waals surface area contributed by atoms with E-state index >= 15 is 0 Å². The minimum Gasteiger partial charge on any atom is -0.338 e. The fourth-order valence-electron chi connectivity index (χ4n) is 1.91. The minimum absolute atomic E-state index is 0.0545. The van der Waals surface area contributed by atoms with Gasteiger partial charge in [-0.1, -0.05) is 13.8 Å². The first-order valence-electron chi connectivity index (χ1n) is 5.89. The number of nitrogens with two attached hydrogens (primary N) is 1. The predicted octanol–water partition coefficient (Wildman–Crippen LogP) is 1.17. The van der Waals surface area contributed by atoms with Crippen molar-refractivity contribution in [3.8, 4) is 0 Å². The number of rotatable bonds is 3. The Morgan fingerprint density at radius 3 is 2.87 bits per heavy atom. The predicted molar refractivity (Wildman–Crippen MR) is 61.6 cm³/mol. The first-order valence-corrected chi connectivity index (χ1v) is 5.89. The zero-order valence-corrected chi connectivity index (χ0v) is 9.83. The van der Waals surface area contributed by atoms with Crippen LogP contribution in [0.15, 0.2) is 0 Å². The summed E-state index contributed by atoms with van der Waals surface area (Å²) < 4.78 is 0. The molecule has 1 atom stereocenters. The molecule has 3 N–H and O–H groups in total. The summed E-state index contributed by atoms with van der Waals surface area (Å²) in [5.41, 5.74) is 5.67. The Kier molecular flexibility index (Phi) is 4.88. The van der Waals surface area contributed by atoms with Gasteiger partial charge in [0.2, 0.25) is 0 Å². The minimum atomic E-state index is 0.0545. The average molecular weight is 213 g/mol. The van der Waals surface area contributed by atoms with Crippen molar-refractivity contribution < 1.29 is 4.79 Å². The molecule has 2 amide bonds. The highest BCUT2D eigenvalue weighted by Crippen LogP contribution is 2.15. The van der Waals surface area contributed by atoms with Gasteiger partial charge in [0.25, 0.3) is 0 Å². The Labute approximate surface area is 92.2 Å². The molecule has 0 saturated carbocycles. The third-order valence-corrected chi connectivity index (χ3v) is 2.82. The zero-order valence-electron chi connectivity index (χ0n) is 9.83. The number of carbonyl (C=O) groups is 1. The van der Waals surface area contributed by atoms with Crippen molar-refractivity contribution in [2.45, 2.75) is 39.2 Å². The second-order valence-electron chi connectivity index (χ2n) is 4.66. The molecular weight excluding hydrogens is 190 g/mol. The SMILES string of the molecule is CC(C)CNC(=O)N1CCCCC1CN. The van der Waals surface area contributed by atoms with Crippen LogP contribution < -0.4 is 11.1 Å². The van der Waals surface area contributed by atoms with Crippen molar-refractivity contribution in [2.24, 2.45) is 11.7 Å². The van der Waals surface area contributed by atoms with E-state index in [1.54, 1.807) is 0 Å². The molecule has 1 heterocycles. The van der Waals surface area contributed by atoms with Crippen LogP contribution in [0.2, 0.25) is 0 Å². The fraction of sp³-hybridized carbons (Fsp3) is 0.909. The van der Waals surface area contributed by atoms with E-state index in [-0.39, 0.29) is 12.1 Å². The Morgan fingerprint density at radius 2 is 2.27 bits per heavy atom. The van der Waals surface area contributed by atoms with E-state index in [0.29, 0.717) is 12.5 Å². The third kappa shape index (κ3) is 3.70. The summed E-state index contributed by atoms with van der Waals surface area (Å²) in [5, 5.41) is 2.95. The summed E-state index contributed by atoms with van der Waals surface area (Å²) >= 11 is 0. The molecule has 1 aliphatic rings. The van der Waals surface area contributed by atoms with Gasteiger partial charge < -0.3 is 16.0 Å². The Morgan fingerprint density at radius 1 is 1.53 bits per heavy atom. The van der Waals surface area contributed by atoms with E-state index in [1.165, 1.54) is 6.42 Å². The summed E-state index contributed by atoms with van der Waals surface area (Å²) in [6.45, 7) is 6.36. The molecule has 0 aromatic carbocycles. The first kappa shape index (κ1) is 12.3. The molecule has 4 heteroatoms. The molecule has 1 saturated heterocycles. The molecule has 0 radical (unpaired) electrons. The highest BCUT2D eigenvalue weighted by atomic mass is 16.2. The summed E-state index contributed by atoms with van der Waals surface area (Å²) in [7, 11) is 0. The van der Waals surface area contributed by atoms with Crippen molar-refractivity contribution in [3.05, 3.63) is 0 Å². The number of carbonyl (C=O) groups excluding carboxylic acids is 1. The maximum atomic E-state index is 11.8. The number of likely N-dealkylation sites (tertiary alicyclic amines) is 1. The number of amides is 2. The molecule has 0 aliphatic carbocycles. The molecule has 1 rings (SSSR count). The number of urea groups is 1. The van der Waals surface area contributed by atoms with E-state index in [9.17, 15) is 4.79 Å². The van der Waals surface area contributed by atoms with E-state index in [1.807, 2.05) is 4.90 Å². The molecule has 0 aromatic heterocycles. The monoisotopic (exact) mass is 213 g/mol. The van der Waals surface area contributed by atoms with Crippen molar-refractivity contribution in [1.82, 2.24) is 10.2 Å². The quantitative estimate of drug-likeness (QED) is 0.739. The number of hydrogen-bond acceptors (Lipinski definition) is 2. The summed E-state index contributed by atoms with van der Waals surface area (Å²) in [5.74, 6) is 0.495. The zero-order chi connectivity index (χ0) is 11.3. The summed E-state index contributed by atoms with van der Waals surface area (Å²) in [6.07, 6.45) is 3.34.